The third kappa shape index (κ3) is 1.84. The van der Waals surface area contributed by atoms with Crippen LogP contribution in [0, 0.1) is 5.82 Å². The Kier molecular flexibility index (Phi) is 2.86. The van der Waals surface area contributed by atoms with E-state index in [0.29, 0.717) is 0 Å². The quantitative estimate of drug-likeness (QED) is 0.678. The second-order valence-corrected chi connectivity index (χ2v) is 4.53. The number of nitrogen functional groups attached to an aromatic ring is 1. The molecular formula is C15H11FN2O3. The molecule has 0 saturated carbocycles. The Hall–Kier alpha value is -2.89. The van der Waals surface area contributed by atoms with Crippen LogP contribution in [0.5, 0.6) is 5.75 Å². The second-order valence-electron chi connectivity index (χ2n) is 4.53. The smallest absolute Gasteiger partial charge is 0.268 e. The predicted octanol–water partition coefficient (Wildman–Crippen LogP) is 2.22. The zero-order valence-corrected chi connectivity index (χ0v) is 11.1. The maximum absolute atomic E-state index is 13.8. The average Bonchev–Trinajstić information content (AvgIpc) is 2.72. The molecule has 6 heteroatoms. The number of imide groups is 1. The molecule has 1 aliphatic rings. The van der Waals surface area contributed by atoms with Crippen molar-refractivity contribution in [3.8, 4) is 5.75 Å². The summed E-state index contributed by atoms with van der Waals surface area (Å²) < 4.78 is 18.6. The largest absolute Gasteiger partial charge is 0.494 e. The molecule has 21 heavy (non-hydrogen) atoms. The Morgan fingerprint density at radius 1 is 1.14 bits per heavy atom. The van der Waals surface area contributed by atoms with Crippen molar-refractivity contribution in [3.05, 3.63) is 53.3 Å². The third-order valence-corrected chi connectivity index (χ3v) is 3.34. The molecule has 2 aromatic carbocycles. The highest BCUT2D eigenvalue weighted by molar-refractivity contribution is 6.35. The Morgan fingerprint density at radius 2 is 1.90 bits per heavy atom. The number of amides is 2. The number of nitrogens with zero attached hydrogens (tertiary/aromatic N) is 1. The van der Waals surface area contributed by atoms with Gasteiger partial charge in [0.25, 0.3) is 11.8 Å². The lowest BCUT2D eigenvalue weighted by Gasteiger charge is -2.14. The van der Waals surface area contributed by atoms with Crippen LogP contribution in [0.25, 0.3) is 0 Å². The first-order valence-corrected chi connectivity index (χ1v) is 6.15. The molecule has 0 unspecified atom stereocenters. The first kappa shape index (κ1) is 13.1. The first-order chi connectivity index (χ1) is 10.0. The number of fused-ring (bicyclic) bond motifs is 1. The maximum atomic E-state index is 13.8. The summed E-state index contributed by atoms with van der Waals surface area (Å²) in [5.74, 6) is -1.70. The van der Waals surface area contributed by atoms with Crippen LogP contribution in [-0.2, 0) is 0 Å². The molecule has 0 atom stereocenters. The minimum Gasteiger partial charge on any atom is -0.494 e. The summed E-state index contributed by atoms with van der Waals surface area (Å²) >= 11 is 0. The molecule has 0 fully saturated rings. The van der Waals surface area contributed by atoms with E-state index in [1.165, 1.54) is 25.3 Å². The summed E-state index contributed by atoms with van der Waals surface area (Å²) in [7, 11) is 1.33. The average molecular weight is 286 g/mol. The molecule has 0 aliphatic carbocycles. The molecule has 1 aliphatic heterocycles. The van der Waals surface area contributed by atoms with Gasteiger partial charge in [-0.15, -0.1) is 0 Å². The lowest BCUT2D eigenvalue weighted by atomic mass is 10.1. The fourth-order valence-electron chi connectivity index (χ4n) is 2.34. The lowest BCUT2D eigenvalue weighted by molar-refractivity contribution is 0.0926. The second kappa shape index (κ2) is 4.59. The number of halogens is 1. The van der Waals surface area contributed by atoms with E-state index in [-0.39, 0.29) is 28.3 Å². The fourth-order valence-corrected chi connectivity index (χ4v) is 2.34. The van der Waals surface area contributed by atoms with Gasteiger partial charge in [-0.05, 0) is 24.3 Å². The number of benzene rings is 2. The fraction of sp³-hybridized carbons (Fsp3) is 0.0667. The van der Waals surface area contributed by atoms with Crippen molar-refractivity contribution in [2.45, 2.75) is 0 Å². The molecule has 0 bridgehead atoms. The highest BCUT2D eigenvalue weighted by Gasteiger charge is 2.38. The van der Waals surface area contributed by atoms with Gasteiger partial charge in [-0.25, -0.2) is 9.29 Å². The molecular weight excluding hydrogens is 275 g/mol. The molecule has 2 N–H and O–H groups in total. The van der Waals surface area contributed by atoms with E-state index in [2.05, 4.69) is 0 Å². The molecule has 3 rings (SSSR count). The highest BCUT2D eigenvalue weighted by atomic mass is 19.1. The number of methoxy groups -OCH3 is 1. The third-order valence-electron chi connectivity index (χ3n) is 3.34. The Morgan fingerprint density at radius 3 is 2.52 bits per heavy atom. The number of rotatable bonds is 2. The van der Waals surface area contributed by atoms with Crippen LogP contribution in [0.1, 0.15) is 20.7 Å². The van der Waals surface area contributed by atoms with E-state index < -0.39 is 17.6 Å². The van der Waals surface area contributed by atoms with Crippen LogP contribution in [0.2, 0.25) is 0 Å². The van der Waals surface area contributed by atoms with Crippen molar-refractivity contribution in [2.75, 3.05) is 17.7 Å². The molecule has 1 heterocycles. The molecule has 0 radical (unpaired) electrons. The van der Waals surface area contributed by atoms with Crippen molar-refractivity contribution in [1.29, 1.82) is 0 Å². The van der Waals surface area contributed by atoms with E-state index in [0.717, 1.165) is 11.0 Å². The van der Waals surface area contributed by atoms with Gasteiger partial charge in [0.05, 0.1) is 23.9 Å². The number of nitrogens with two attached hydrogens (primary N) is 1. The topological polar surface area (TPSA) is 72.6 Å². The van der Waals surface area contributed by atoms with Crippen molar-refractivity contribution in [3.63, 3.8) is 0 Å². The predicted molar refractivity (Wildman–Crippen MR) is 74.9 cm³/mol. The monoisotopic (exact) mass is 286 g/mol. The van der Waals surface area contributed by atoms with Crippen molar-refractivity contribution >= 4 is 23.2 Å². The number of hydrogen-bond donors (Lipinski definition) is 1. The molecule has 2 aromatic rings. The van der Waals surface area contributed by atoms with E-state index in [9.17, 15) is 14.0 Å². The van der Waals surface area contributed by atoms with E-state index in [4.69, 9.17) is 10.5 Å². The van der Waals surface area contributed by atoms with Crippen molar-refractivity contribution in [2.24, 2.45) is 0 Å². The number of hydrogen-bond acceptors (Lipinski definition) is 4. The number of carbonyl (C=O) groups excluding carboxylic acids is 2. The van der Waals surface area contributed by atoms with Crippen molar-refractivity contribution in [1.82, 2.24) is 0 Å². The number of ether oxygens (including phenoxy) is 1. The number of carbonyl (C=O) groups is 2. The van der Waals surface area contributed by atoms with Crippen LogP contribution in [0.3, 0.4) is 0 Å². The first-order valence-electron chi connectivity index (χ1n) is 6.15. The molecule has 2 amide bonds. The van der Waals surface area contributed by atoms with E-state index in [1.54, 1.807) is 12.1 Å². The van der Waals surface area contributed by atoms with Gasteiger partial charge in [0.1, 0.15) is 0 Å². The summed E-state index contributed by atoms with van der Waals surface area (Å²) in [6.45, 7) is 0. The maximum Gasteiger partial charge on any atom is 0.268 e. The minimum atomic E-state index is -0.653. The Bertz CT molecular complexity index is 774. The van der Waals surface area contributed by atoms with Crippen LogP contribution in [0.15, 0.2) is 36.4 Å². The summed E-state index contributed by atoms with van der Waals surface area (Å²) in [5.41, 5.74) is 6.48. The zero-order valence-electron chi connectivity index (χ0n) is 11.1. The van der Waals surface area contributed by atoms with E-state index in [1.807, 2.05) is 0 Å². The summed E-state index contributed by atoms with van der Waals surface area (Å²) in [4.78, 5) is 25.6. The highest BCUT2D eigenvalue weighted by Crippen LogP contribution is 2.33. The van der Waals surface area contributed by atoms with Gasteiger partial charge in [-0.2, -0.15) is 0 Å². The van der Waals surface area contributed by atoms with Crippen LogP contribution in [0.4, 0.5) is 15.8 Å². The Balaban J connectivity index is 2.10. The number of anilines is 2. The zero-order chi connectivity index (χ0) is 15.1. The molecule has 0 spiro atoms. The Labute approximate surface area is 119 Å². The lowest BCUT2D eigenvalue weighted by Crippen LogP contribution is -2.29. The van der Waals surface area contributed by atoms with Gasteiger partial charge in [0.15, 0.2) is 11.6 Å². The summed E-state index contributed by atoms with van der Waals surface area (Å²) in [5, 5.41) is 0. The van der Waals surface area contributed by atoms with Crippen molar-refractivity contribution < 1.29 is 18.7 Å². The van der Waals surface area contributed by atoms with Gasteiger partial charge in [-0.1, -0.05) is 6.07 Å². The molecule has 0 aromatic heterocycles. The van der Waals surface area contributed by atoms with Gasteiger partial charge >= 0.3 is 0 Å². The molecule has 5 nitrogen and oxygen atoms in total. The normalized spacial score (nSPS) is 13.5. The molecule has 106 valence electrons. The van der Waals surface area contributed by atoms with E-state index >= 15 is 0 Å². The minimum absolute atomic E-state index is 0.0369. The van der Waals surface area contributed by atoms with Gasteiger partial charge < -0.3 is 10.5 Å². The van der Waals surface area contributed by atoms with Crippen LogP contribution < -0.4 is 15.4 Å². The SMILES string of the molecule is COc1ccc(N2C(=O)c3cccc(N)c3C2=O)cc1F. The molecule has 0 saturated heterocycles. The summed E-state index contributed by atoms with van der Waals surface area (Å²) in [6, 6.07) is 8.54. The van der Waals surface area contributed by atoms with Crippen LogP contribution >= 0.6 is 0 Å². The standard InChI is InChI=1S/C15H11FN2O3/c1-21-12-6-5-8(7-10(12)16)18-14(19)9-3-2-4-11(17)13(9)15(18)20/h2-7H,17H2,1H3. The van der Waals surface area contributed by atoms with Gasteiger partial charge in [0, 0.05) is 11.8 Å². The van der Waals surface area contributed by atoms with Gasteiger partial charge in [-0.3, -0.25) is 9.59 Å². The summed E-state index contributed by atoms with van der Waals surface area (Å²) in [6.07, 6.45) is 0. The van der Waals surface area contributed by atoms with Crippen LogP contribution in [-0.4, -0.2) is 18.9 Å². The van der Waals surface area contributed by atoms with Gasteiger partial charge in [0.2, 0.25) is 0 Å².